The molecule has 0 saturated heterocycles. The van der Waals surface area contributed by atoms with Crippen LogP contribution in [0, 0.1) is 11.3 Å². The third-order valence-corrected chi connectivity index (χ3v) is 4.56. The molecule has 0 saturated carbocycles. The Hall–Kier alpha value is -1.71. The summed E-state index contributed by atoms with van der Waals surface area (Å²) in [6, 6.07) is 9.43. The minimum Gasteiger partial charge on any atom is -0.506 e. The lowest BCUT2D eigenvalue weighted by Gasteiger charge is -2.08. The van der Waals surface area contributed by atoms with E-state index in [1.54, 1.807) is 24.3 Å². The van der Waals surface area contributed by atoms with Gasteiger partial charge in [-0.25, -0.2) is 0 Å². The van der Waals surface area contributed by atoms with E-state index in [0.29, 0.717) is 9.50 Å². The first-order valence-corrected chi connectivity index (χ1v) is 8.31. The molecule has 0 aromatic heterocycles. The molecule has 0 aliphatic rings. The molecule has 4 nitrogen and oxygen atoms in total. The van der Waals surface area contributed by atoms with Gasteiger partial charge >= 0.3 is 0 Å². The van der Waals surface area contributed by atoms with Gasteiger partial charge in [0.05, 0.1) is 20.2 Å². The Labute approximate surface area is 161 Å². The maximum absolute atomic E-state index is 12.3. The number of hydrogen-bond acceptors (Lipinski definition) is 3. The van der Waals surface area contributed by atoms with E-state index in [0.717, 1.165) is 0 Å². The van der Waals surface area contributed by atoms with E-state index in [1.165, 1.54) is 18.2 Å². The van der Waals surface area contributed by atoms with E-state index in [-0.39, 0.29) is 32.6 Å². The highest BCUT2D eigenvalue weighted by Gasteiger charge is 2.14. The number of nitrogens with one attached hydrogen (secondary N) is 1. The van der Waals surface area contributed by atoms with Crippen LogP contribution in [0.3, 0.4) is 0 Å². The van der Waals surface area contributed by atoms with Crippen LogP contribution in [0.5, 0.6) is 5.75 Å². The van der Waals surface area contributed by atoms with Crippen molar-refractivity contribution in [3.63, 3.8) is 0 Å². The second kappa shape index (κ2) is 7.91. The van der Waals surface area contributed by atoms with Crippen molar-refractivity contribution in [1.29, 1.82) is 5.26 Å². The van der Waals surface area contributed by atoms with Gasteiger partial charge in [-0.2, -0.15) is 5.26 Å². The number of halogens is 4. The Balaban J connectivity index is 2.37. The fourth-order valence-corrected chi connectivity index (χ4v) is 2.97. The fraction of sp³-hybridized carbons (Fsp3) is 0. The van der Waals surface area contributed by atoms with Gasteiger partial charge in [0, 0.05) is 10.6 Å². The molecule has 0 atom stereocenters. The maximum Gasteiger partial charge on any atom is 0.266 e. The Bertz CT molecular complexity index is 892. The van der Waals surface area contributed by atoms with Crippen molar-refractivity contribution in [3.8, 4) is 11.8 Å². The molecule has 8 heteroatoms. The van der Waals surface area contributed by atoms with Gasteiger partial charge in [-0.1, -0.05) is 40.9 Å². The number of phenolic OH excluding ortho intramolecular Hbond substituents is 1. The second-order valence-electron chi connectivity index (χ2n) is 4.55. The minimum atomic E-state index is -0.697. The van der Waals surface area contributed by atoms with Crippen molar-refractivity contribution < 1.29 is 9.90 Å². The Morgan fingerprint density at radius 2 is 2.00 bits per heavy atom. The third kappa shape index (κ3) is 4.22. The van der Waals surface area contributed by atoms with Crippen LogP contribution in [-0.4, -0.2) is 11.0 Å². The van der Waals surface area contributed by atoms with Crippen molar-refractivity contribution >= 4 is 68.4 Å². The van der Waals surface area contributed by atoms with Crippen LogP contribution in [0.2, 0.25) is 15.1 Å². The topological polar surface area (TPSA) is 73.1 Å². The summed E-state index contributed by atoms with van der Waals surface area (Å²) in [6.07, 6.45) is 1.22. The number of aromatic hydroxyl groups is 1. The highest BCUT2D eigenvalue weighted by molar-refractivity contribution is 9.10. The molecule has 2 N–H and O–H groups in total. The SMILES string of the molecule is N#C/C(=C/c1cc(Cl)cc(Br)c1O)C(=O)Nc1cccc(Cl)c1Cl. The fourth-order valence-electron chi connectivity index (χ4n) is 1.79. The van der Waals surface area contributed by atoms with E-state index < -0.39 is 5.91 Å². The van der Waals surface area contributed by atoms with Crippen LogP contribution >= 0.6 is 50.7 Å². The van der Waals surface area contributed by atoms with Gasteiger partial charge in [0.25, 0.3) is 5.91 Å². The summed E-state index contributed by atoms with van der Waals surface area (Å²) in [5.41, 5.74) is 0.251. The lowest BCUT2D eigenvalue weighted by Crippen LogP contribution is -2.13. The van der Waals surface area contributed by atoms with Crippen LogP contribution < -0.4 is 5.32 Å². The smallest absolute Gasteiger partial charge is 0.266 e. The van der Waals surface area contributed by atoms with Crippen molar-refractivity contribution in [2.24, 2.45) is 0 Å². The minimum absolute atomic E-state index is 0.138. The van der Waals surface area contributed by atoms with Crippen LogP contribution in [0.15, 0.2) is 40.4 Å². The molecule has 2 rings (SSSR count). The van der Waals surface area contributed by atoms with Gasteiger partial charge in [0.2, 0.25) is 0 Å². The number of carbonyl (C=O) groups excluding carboxylic acids is 1. The normalized spacial score (nSPS) is 11.0. The maximum atomic E-state index is 12.3. The summed E-state index contributed by atoms with van der Waals surface area (Å²) in [4.78, 5) is 12.3. The Kier molecular flexibility index (Phi) is 6.14. The predicted octanol–water partition coefficient (Wildman–Crippen LogP) is 5.66. The highest BCUT2D eigenvalue weighted by Crippen LogP contribution is 2.33. The van der Waals surface area contributed by atoms with E-state index in [4.69, 9.17) is 34.8 Å². The number of nitrogens with zero attached hydrogens (tertiary/aromatic N) is 1. The molecule has 0 spiro atoms. The number of benzene rings is 2. The van der Waals surface area contributed by atoms with Crippen molar-refractivity contribution in [1.82, 2.24) is 0 Å². The summed E-state index contributed by atoms with van der Waals surface area (Å²) >= 11 is 20.9. The number of amides is 1. The van der Waals surface area contributed by atoms with Gasteiger partial charge in [0.15, 0.2) is 0 Å². The van der Waals surface area contributed by atoms with Crippen LogP contribution in [0.1, 0.15) is 5.56 Å². The summed E-state index contributed by atoms with van der Waals surface area (Å²) in [7, 11) is 0. The van der Waals surface area contributed by atoms with Crippen molar-refractivity contribution in [2.75, 3.05) is 5.32 Å². The molecule has 1 amide bonds. The van der Waals surface area contributed by atoms with Crippen LogP contribution in [0.25, 0.3) is 6.08 Å². The molecule has 0 bridgehead atoms. The molecule has 122 valence electrons. The molecule has 2 aromatic rings. The Morgan fingerprint density at radius 3 is 2.67 bits per heavy atom. The molecule has 0 aliphatic heterocycles. The first-order chi connectivity index (χ1) is 11.3. The summed E-state index contributed by atoms with van der Waals surface area (Å²) in [5.74, 6) is -0.835. The standard InChI is InChI=1S/C16H8BrCl3N2O2/c17-11-6-10(18)5-8(15(11)23)4-9(7-21)16(24)22-13-3-1-2-12(19)14(13)20/h1-6,23H,(H,22,24)/b9-4-. The zero-order valence-corrected chi connectivity index (χ0v) is 15.6. The van der Waals surface area contributed by atoms with Crippen LogP contribution in [-0.2, 0) is 4.79 Å². The van der Waals surface area contributed by atoms with E-state index >= 15 is 0 Å². The number of phenols is 1. The summed E-state index contributed by atoms with van der Waals surface area (Å²) in [6.45, 7) is 0. The molecule has 0 heterocycles. The lowest BCUT2D eigenvalue weighted by atomic mass is 10.1. The zero-order valence-electron chi connectivity index (χ0n) is 11.8. The zero-order chi connectivity index (χ0) is 17.9. The van der Waals surface area contributed by atoms with E-state index in [2.05, 4.69) is 21.2 Å². The van der Waals surface area contributed by atoms with Crippen molar-refractivity contribution in [2.45, 2.75) is 0 Å². The first-order valence-electron chi connectivity index (χ1n) is 6.38. The summed E-state index contributed by atoms with van der Waals surface area (Å²) in [5, 5.41) is 22.5. The van der Waals surface area contributed by atoms with Gasteiger partial charge in [0.1, 0.15) is 17.4 Å². The quantitative estimate of drug-likeness (QED) is 0.472. The van der Waals surface area contributed by atoms with Crippen LogP contribution in [0.4, 0.5) is 5.69 Å². The predicted molar refractivity (Wildman–Crippen MR) is 99.5 cm³/mol. The van der Waals surface area contributed by atoms with E-state index in [9.17, 15) is 15.2 Å². The first kappa shape index (κ1) is 18.6. The molecular weight excluding hydrogens is 438 g/mol. The molecule has 0 unspecified atom stereocenters. The van der Waals surface area contributed by atoms with Gasteiger partial charge < -0.3 is 10.4 Å². The molecule has 0 aliphatic carbocycles. The van der Waals surface area contributed by atoms with Gasteiger partial charge in [-0.05, 0) is 46.3 Å². The number of carbonyl (C=O) groups is 1. The molecule has 2 aromatic carbocycles. The highest BCUT2D eigenvalue weighted by atomic mass is 79.9. The molecule has 0 radical (unpaired) electrons. The number of rotatable bonds is 3. The third-order valence-electron chi connectivity index (χ3n) is 2.92. The van der Waals surface area contributed by atoms with E-state index in [1.807, 2.05) is 0 Å². The lowest BCUT2D eigenvalue weighted by molar-refractivity contribution is -0.112. The summed E-state index contributed by atoms with van der Waals surface area (Å²) < 4.78 is 0.344. The average molecular weight is 447 g/mol. The van der Waals surface area contributed by atoms with Crippen molar-refractivity contribution in [3.05, 3.63) is 61.0 Å². The molecular formula is C16H8BrCl3N2O2. The molecule has 24 heavy (non-hydrogen) atoms. The average Bonchev–Trinajstić information content (AvgIpc) is 2.53. The second-order valence-corrected chi connectivity index (χ2v) is 6.63. The monoisotopic (exact) mass is 444 g/mol. The van der Waals surface area contributed by atoms with Gasteiger partial charge in [-0.15, -0.1) is 0 Å². The largest absolute Gasteiger partial charge is 0.506 e. The van der Waals surface area contributed by atoms with Gasteiger partial charge in [-0.3, -0.25) is 4.79 Å². The molecule has 0 fully saturated rings. The number of anilines is 1. The number of nitriles is 1. The Morgan fingerprint density at radius 1 is 1.29 bits per heavy atom. The number of hydrogen-bond donors (Lipinski definition) is 2.